The lowest BCUT2D eigenvalue weighted by atomic mass is 9.70. The zero-order chi connectivity index (χ0) is 20.7. The van der Waals surface area contributed by atoms with Crippen LogP contribution in [0, 0.1) is 12.3 Å². The number of aryl methyl sites for hydroxylation is 1. The third kappa shape index (κ3) is 3.48. The lowest BCUT2D eigenvalue weighted by molar-refractivity contribution is 0.193. The molecule has 1 atom stereocenters. The van der Waals surface area contributed by atoms with Crippen LogP contribution in [0.2, 0.25) is 5.02 Å². The molecule has 30 heavy (non-hydrogen) atoms. The Morgan fingerprint density at radius 1 is 1.07 bits per heavy atom. The Hall–Kier alpha value is -2.11. The Kier molecular flexibility index (Phi) is 5.19. The van der Waals surface area contributed by atoms with Gasteiger partial charge in [0, 0.05) is 29.9 Å². The van der Waals surface area contributed by atoms with Crippen molar-refractivity contribution in [1.82, 2.24) is 15.0 Å². The average molecular weight is 437 g/mol. The van der Waals surface area contributed by atoms with Crippen LogP contribution >= 0.6 is 23.4 Å². The van der Waals surface area contributed by atoms with Gasteiger partial charge in [0.05, 0.1) is 17.4 Å². The van der Waals surface area contributed by atoms with Gasteiger partial charge in [-0.15, -0.1) is 0 Å². The zero-order valence-electron chi connectivity index (χ0n) is 17.3. The molecular formula is C24H25ClN4S. The molecule has 1 aromatic carbocycles. The van der Waals surface area contributed by atoms with Crippen LogP contribution < -0.4 is 4.90 Å². The van der Waals surface area contributed by atoms with Gasteiger partial charge in [-0.1, -0.05) is 48.5 Å². The minimum absolute atomic E-state index is 0.346. The summed E-state index contributed by atoms with van der Waals surface area (Å²) in [4.78, 5) is 17.4. The van der Waals surface area contributed by atoms with Crippen LogP contribution in [-0.4, -0.2) is 28.0 Å². The van der Waals surface area contributed by atoms with Crippen molar-refractivity contribution >= 4 is 29.2 Å². The first-order valence-electron chi connectivity index (χ1n) is 10.5. The number of hydrogen-bond donors (Lipinski definition) is 0. The van der Waals surface area contributed by atoms with Gasteiger partial charge in [0.2, 0.25) is 0 Å². The van der Waals surface area contributed by atoms with Crippen LogP contribution in [0.4, 0.5) is 5.82 Å². The SMILES string of the molecule is Cc1cccc(Sc2cnc(N3CCC4(CC3)Cc3ncccc3[C@H]4C)cn2)c1Cl. The van der Waals surface area contributed by atoms with E-state index in [0.29, 0.717) is 11.3 Å². The van der Waals surface area contributed by atoms with E-state index < -0.39 is 0 Å². The van der Waals surface area contributed by atoms with E-state index in [1.54, 1.807) is 11.8 Å². The summed E-state index contributed by atoms with van der Waals surface area (Å²) < 4.78 is 0. The number of hydrogen-bond acceptors (Lipinski definition) is 5. The predicted molar refractivity (Wildman–Crippen MR) is 123 cm³/mol. The number of halogens is 1. The van der Waals surface area contributed by atoms with Gasteiger partial charge in [-0.05, 0) is 60.8 Å². The lowest BCUT2D eigenvalue weighted by Gasteiger charge is -2.42. The average Bonchev–Trinajstić information content (AvgIpc) is 3.04. The molecule has 0 saturated carbocycles. The van der Waals surface area contributed by atoms with E-state index in [1.165, 1.54) is 24.1 Å². The highest BCUT2D eigenvalue weighted by Crippen LogP contribution is 2.52. The first-order valence-corrected chi connectivity index (χ1v) is 11.7. The second kappa shape index (κ2) is 7.86. The molecule has 4 nitrogen and oxygen atoms in total. The van der Waals surface area contributed by atoms with Gasteiger partial charge >= 0.3 is 0 Å². The molecule has 0 unspecified atom stereocenters. The summed E-state index contributed by atoms with van der Waals surface area (Å²) in [5.41, 5.74) is 4.17. The molecular weight excluding hydrogens is 412 g/mol. The number of aromatic nitrogens is 3. The van der Waals surface area contributed by atoms with Crippen molar-refractivity contribution < 1.29 is 0 Å². The molecule has 0 radical (unpaired) electrons. The van der Waals surface area contributed by atoms with Crippen molar-refractivity contribution in [1.29, 1.82) is 0 Å². The first-order chi connectivity index (χ1) is 14.6. The predicted octanol–water partition coefficient (Wildman–Crippen LogP) is 5.93. The van der Waals surface area contributed by atoms with E-state index in [-0.39, 0.29) is 0 Å². The van der Waals surface area contributed by atoms with E-state index in [1.807, 2.05) is 43.7 Å². The van der Waals surface area contributed by atoms with Crippen LogP contribution in [0.5, 0.6) is 0 Å². The van der Waals surface area contributed by atoms with Crippen LogP contribution in [0.25, 0.3) is 0 Å². The molecule has 2 aliphatic rings. The Balaban J connectivity index is 1.26. The van der Waals surface area contributed by atoms with Crippen LogP contribution in [-0.2, 0) is 6.42 Å². The van der Waals surface area contributed by atoms with Gasteiger partial charge in [0.1, 0.15) is 10.8 Å². The Labute approximate surface area is 187 Å². The molecule has 6 heteroatoms. The summed E-state index contributed by atoms with van der Waals surface area (Å²) in [7, 11) is 0. The third-order valence-corrected chi connectivity index (χ3v) is 8.49. The van der Waals surface area contributed by atoms with Crippen molar-refractivity contribution in [2.24, 2.45) is 5.41 Å². The molecule has 1 fully saturated rings. The minimum atomic E-state index is 0.346. The van der Waals surface area contributed by atoms with Crippen molar-refractivity contribution in [2.45, 2.75) is 48.9 Å². The van der Waals surface area contributed by atoms with Gasteiger partial charge in [-0.3, -0.25) is 4.98 Å². The third-order valence-electron chi connectivity index (χ3n) is 6.90. The topological polar surface area (TPSA) is 41.9 Å². The Bertz CT molecular complexity index is 1060. The normalized spacial score (nSPS) is 19.8. The highest BCUT2D eigenvalue weighted by Gasteiger charge is 2.46. The second-order valence-corrected chi connectivity index (χ2v) is 9.93. The molecule has 1 aliphatic heterocycles. The van der Waals surface area contributed by atoms with Crippen LogP contribution in [0.15, 0.2) is 58.8 Å². The minimum Gasteiger partial charge on any atom is -0.355 e. The van der Waals surface area contributed by atoms with E-state index in [4.69, 9.17) is 16.6 Å². The molecule has 1 spiro atoms. The fraction of sp³-hybridized carbons (Fsp3) is 0.375. The first kappa shape index (κ1) is 19.8. The van der Waals surface area contributed by atoms with Crippen molar-refractivity contribution in [2.75, 3.05) is 18.0 Å². The van der Waals surface area contributed by atoms with Gasteiger partial charge in [-0.2, -0.15) is 0 Å². The molecule has 1 saturated heterocycles. The maximum absolute atomic E-state index is 6.42. The molecule has 154 valence electrons. The van der Waals surface area contributed by atoms with Crippen molar-refractivity contribution in [3.05, 3.63) is 70.8 Å². The molecule has 3 aromatic rings. The highest BCUT2D eigenvalue weighted by molar-refractivity contribution is 7.99. The van der Waals surface area contributed by atoms with Crippen LogP contribution in [0.1, 0.15) is 42.5 Å². The van der Waals surface area contributed by atoms with Gasteiger partial charge in [-0.25, -0.2) is 9.97 Å². The summed E-state index contributed by atoms with van der Waals surface area (Å²) in [5, 5.41) is 1.65. The number of benzene rings is 1. The van der Waals surface area contributed by atoms with E-state index in [2.05, 4.69) is 33.9 Å². The Morgan fingerprint density at radius 3 is 2.63 bits per heavy atom. The number of piperidine rings is 1. The summed E-state index contributed by atoms with van der Waals surface area (Å²) in [6, 6.07) is 10.4. The second-order valence-electron chi connectivity index (χ2n) is 8.49. The fourth-order valence-electron chi connectivity index (χ4n) is 4.94. The van der Waals surface area contributed by atoms with Crippen LogP contribution in [0.3, 0.4) is 0 Å². The number of anilines is 1. The summed E-state index contributed by atoms with van der Waals surface area (Å²) in [5.74, 6) is 1.54. The molecule has 2 aromatic heterocycles. The van der Waals surface area contributed by atoms with Crippen molar-refractivity contribution in [3.8, 4) is 0 Å². The van der Waals surface area contributed by atoms with Gasteiger partial charge in [0.15, 0.2) is 0 Å². The fourth-order valence-corrected chi connectivity index (χ4v) is 6.01. The maximum atomic E-state index is 6.42. The van der Waals surface area contributed by atoms with Gasteiger partial charge in [0.25, 0.3) is 0 Å². The number of rotatable bonds is 3. The summed E-state index contributed by atoms with van der Waals surface area (Å²) >= 11 is 7.98. The summed E-state index contributed by atoms with van der Waals surface area (Å²) in [6.45, 7) is 6.43. The Morgan fingerprint density at radius 2 is 1.90 bits per heavy atom. The molecule has 3 heterocycles. The monoisotopic (exact) mass is 436 g/mol. The lowest BCUT2D eigenvalue weighted by Crippen LogP contribution is -2.42. The summed E-state index contributed by atoms with van der Waals surface area (Å²) in [6.07, 6.45) is 9.14. The molecule has 0 amide bonds. The molecule has 0 bridgehead atoms. The smallest absolute Gasteiger partial charge is 0.147 e. The van der Waals surface area contributed by atoms with Crippen molar-refractivity contribution in [3.63, 3.8) is 0 Å². The van der Waals surface area contributed by atoms with E-state index >= 15 is 0 Å². The maximum Gasteiger partial charge on any atom is 0.147 e. The molecule has 5 rings (SSSR count). The zero-order valence-corrected chi connectivity index (χ0v) is 18.9. The number of fused-ring (bicyclic) bond motifs is 1. The largest absolute Gasteiger partial charge is 0.355 e. The molecule has 0 N–H and O–H groups in total. The highest BCUT2D eigenvalue weighted by atomic mass is 35.5. The number of nitrogens with zero attached hydrogens (tertiary/aromatic N) is 4. The quantitative estimate of drug-likeness (QED) is 0.508. The van der Waals surface area contributed by atoms with E-state index in [9.17, 15) is 0 Å². The standard InChI is InChI=1S/C24H25ClN4S/c1-16-5-3-7-20(23(16)25)30-22-15-27-21(14-28-22)29-11-8-24(9-12-29)13-19-18(17(24)2)6-4-10-26-19/h3-7,10,14-15,17H,8-9,11-13H2,1-2H3/t17-/m1/s1. The molecule has 1 aliphatic carbocycles. The number of pyridine rings is 1. The van der Waals surface area contributed by atoms with Gasteiger partial charge < -0.3 is 4.90 Å². The van der Waals surface area contributed by atoms with E-state index in [0.717, 1.165) is 45.8 Å².